The predicted octanol–water partition coefficient (Wildman–Crippen LogP) is 5.09. The van der Waals surface area contributed by atoms with Gasteiger partial charge in [0.1, 0.15) is 17.2 Å². The van der Waals surface area contributed by atoms with Crippen molar-refractivity contribution in [2.24, 2.45) is 0 Å². The standard InChI is InChI=1S/C23H24ClN3O3/c1-23(2,3)27-21(16-11-10-15(29-4)12-17(16)30-5)18-19(25-26-20(18)22(27)28)13-6-8-14(24)9-7-13/h6-12,21H,1-5H3,(H,25,26). The van der Waals surface area contributed by atoms with Gasteiger partial charge in [-0.1, -0.05) is 23.7 Å². The number of aromatic amines is 1. The van der Waals surface area contributed by atoms with E-state index in [1.807, 2.05) is 68.1 Å². The van der Waals surface area contributed by atoms with Crippen LogP contribution in [0, 0.1) is 0 Å². The van der Waals surface area contributed by atoms with Gasteiger partial charge in [0, 0.05) is 33.3 Å². The van der Waals surface area contributed by atoms with Gasteiger partial charge in [-0.3, -0.25) is 9.89 Å². The molecule has 1 amide bonds. The van der Waals surface area contributed by atoms with E-state index in [1.54, 1.807) is 14.2 Å². The fraction of sp³-hybridized carbons (Fsp3) is 0.304. The average molecular weight is 426 g/mol. The molecule has 1 N–H and O–H groups in total. The number of benzene rings is 2. The molecular formula is C23H24ClN3O3. The zero-order valence-corrected chi connectivity index (χ0v) is 18.4. The minimum absolute atomic E-state index is 0.0897. The third-order valence-electron chi connectivity index (χ3n) is 5.34. The van der Waals surface area contributed by atoms with Crippen LogP contribution in [0.4, 0.5) is 0 Å². The van der Waals surface area contributed by atoms with Crippen LogP contribution in [0.2, 0.25) is 5.02 Å². The molecule has 1 atom stereocenters. The first-order valence-corrected chi connectivity index (χ1v) is 10.0. The number of methoxy groups -OCH3 is 2. The lowest BCUT2D eigenvalue weighted by molar-refractivity contribution is 0.0543. The van der Waals surface area contributed by atoms with Gasteiger partial charge < -0.3 is 14.4 Å². The Morgan fingerprint density at radius 3 is 2.37 bits per heavy atom. The van der Waals surface area contributed by atoms with Gasteiger partial charge >= 0.3 is 0 Å². The van der Waals surface area contributed by atoms with Crippen molar-refractivity contribution < 1.29 is 14.3 Å². The zero-order chi connectivity index (χ0) is 21.6. The first-order valence-electron chi connectivity index (χ1n) is 9.66. The van der Waals surface area contributed by atoms with Crippen molar-refractivity contribution >= 4 is 17.5 Å². The highest BCUT2D eigenvalue weighted by Gasteiger charge is 2.47. The van der Waals surface area contributed by atoms with Crippen LogP contribution < -0.4 is 9.47 Å². The minimum Gasteiger partial charge on any atom is -0.497 e. The molecule has 0 radical (unpaired) electrons. The Hall–Kier alpha value is -2.99. The topological polar surface area (TPSA) is 67.5 Å². The smallest absolute Gasteiger partial charge is 0.273 e. The molecule has 0 bridgehead atoms. The lowest BCUT2D eigenvalue weighted by Crippen LogP contribution is -2.44. The number of halogens is 1. The number of carbonyl (C=O) groups excluding carboxylic acids is 1. The normalized spacial score (nSPS) is 16.0. The van der Waals surface area contributed by atoms with E-state index in [9.17, 15) is 4.79 Å². The molecule has 0 fully saturated rings. The van der Waals surface area contributed by atoms with Gasteiger partial charge in [-0.25, -0.2) is 0 Å². The Bertz CT molecular complexity index is 1100. The molecule has 7 heteroatoms. The first kappa shape index (κ1) is 20.3. The Balaban J connectivity index is 1.96. The van der Waals surface area contributed by atoms with Crippen molar-refractivity contribution in [3.05, 3.63) is 64.3 Å². The van der Waals surface area contributed by atoms with Crippen LogP contribution in [0.1, 0.15) is 48.4 Å². The van der Waals surface area contributed by atoms with E-state index in [0.717, 1.165) is 22.4 Å². The second-order valence-corrected chi connectivity index (χ2v) is 8.66. The van der Waals surface area contributed by atoms with Crippen LogP contribution in [0.3, 0.4) is 0 Å². The summed E-state index contributed by atoms with van der Waals surface area (Å²) in [5.41, 5.74) is 3.39. The SMILES string of the molecule is COc1ccc(C2c3c(-c4ccc(Cl)cc4)n[nH]c3C(=O)N2C(C)(C)C)c(OC)c1. The molecule has 0 saturated heterocycles. The number of hydrogen-bond acceptors (Lipinski definition) is 4. The summed E-state index contributed by atoms with van der Waals surface area (Å²) in [4.78, 5) is 15.3. The number of hydrogen-bond donors (Lipinski definition) is 1. The molecule has 0 aliphatic carbocycles. The molecule has 0 saturated carbocycles. The molecule has 2 heterocycles. The molecule has 6 nitrogen and oxygen atoms in total. The van der Waals surface area contributed by atoms with Gasteiger partial charge in [0.2, 0.25) is 0 Å². The number of H-pyrrole nitrogens is 1. The van der Waals surface area contributed by atoms with Gasteiger partial charge in [0.05, 0.1) is 26.0 Å². The second kappa shape index (κ2) is 7.36. The largest absolute Gasteiger partial charge is 0.497 e. The second-order valence-electron chi connectivity index (χ2n) is 8.22. The number of aromatic nitrogens is 2. The molecule has 30 heavy (non-hydrogen) atoms. The molecule has 1 aliphatic heterocycles. The summed E-state index contributed by atoms with van der Waals surface area (Å²) in [7, 11) is 3.23. The Morgan fingerprint density at radius 2 is 1.77 bits per heavy atom. The number of amides is 1. The van der Waals surface area contributed by atoms with Crippen LogP contribution in [0.25, 0.3) is 11.3 Å². The summed E-state index contributed by atoms with van der Waals surface area (Å²) in [5, 5.41) is 8.10. The van der Waals surface area contributed by atoms with E-state index in [2.05, 4.69) is 10.2 Å². The highest BCUT2D eigenvalue weighted by Crippen LogP contribution is 2.48. The highest BCUT2D eigenvalue weighted by atomic mass is 35.5. The molecule has 1 aliphatic rings. The van der Waals surface area contributed by atoms with Crippen molar-refractivity contribution in [3.63, 3.8) is 0 Å². The average Bonchev–Trinajstić information content (AvgIpc) is 3.27. The zero-order valence-electron chi connectivity index (χ0n) is 17.6. The number of rotatable bonds is 4. The minimum atomic E-state index is -0.427. The van der Waals surface area contributed by atoms with Gasteiger partial charge in [-0.2, -0.15) is 5.10 Å². The fourth-order valence-electron chi connectivity index (χ4n) is 4.01. The molecule has 156 valence electrons. The maximum absolute atomic E-state index is 13.4. The van der Waals surface area contributed by atoms with Gasteiger partial charge in [0.25, 0.3) is 5.91 Å². The predicted molar refractivity (Wildman–Crippen MR) is 116 cm³/mol. The van der Waals surface area contributed by atoms with Crippen molar-refractivity contribution in [3.8, 4) is 22.8 Å². The van der Waals surface area contributed by atoms with Crippen LogP contribution >= 0.6 is 11.6 Å². The van der Waals surface area contributed by atoms with Crippen molar-refractivity contribution in [1.82, 2.24) is 15.1 Å². The molecule has 3 aromatic rings. The van der Waals surface area contributed by atoms with Crippen molar-refractivity contribution in [2.75, 3.05) is 14.2 Å². The highest BCUT2D eigenvalue weighted by molar-refractivity contribution is 6.30. The number of nitrogens with one attached hydrogen (secondary N) is 1. The number of carbonyl (C=O) groups is 1. The maximum Gasteiger partial charge on any atom is 0.273 e. The third kappa shape index (κ3) is 3.21. The number of fused-ring (bicyclic) bond motifs is 1. The maximum atomic E-state index is 13.4. The van der Waals surface area contributed by atoms with Gasteiger partial charge in [-0.15, -0.1) is 0 Å². The van der Waals surface area contributed by atoms with E-state index in [1.165, 1.54) is 0 Å². The van der Waals surface area contributed by atoms with Crippen LogP contribution in [-0.4, -0.2) is 40.8 Å². The Morgan fingerprint density at radius 1 is 1.07 bits per heavy atom. The monoisotopic (exact) mass is 425 g/mol. The van der Waals surface area contributed by atoms with Crippen molar-refractivity contribution in [2.45, 2.75) is 32.4 Å². The van der Waals surface area contributed by atoms with Gasteiger partial charge in [-0.05, 0) is 45.0 Å². The summed E-state index contributed by atoms with van der Waals surface area (Å²) in [6.07, 6.45) is 0. The summed E-state index contributed by atoms with van der Waals surface area (Å²) in [6, 6.07) is 12.7. The van der Waals surface area contributed by atoms with E-state index < -0.39 is 5.54 Å². The number of ether oxygens (including phenoxy) is 2. The first-order chi connectivity index (χ1) is 14.3. The summed E-state index contributed by atoms with van der Waals surface area (Å²) in [6.45, 7) is 6.07. The lowest BCUT2D eigenvalue weighted by atomic mass is 9.93. The Labute approximate surface area is 180 Å². The number of nitrogens with zero attached hydrogens (tertiary/aromatic N) is 2. The quantitative estimate of drug-likeness (QED) is 0.632. The van der Waals surface area contributed by atoms with Gasteiger partial charge in [0.15, 0.2) is 0 Å². The van der Waals surface area contributed by atoms with E-state index in [4.69, 9.17) is 21.1 Å². The molecular weight excluding hydrogens is 402 g/mol. The molecule has 0 spiro atoms. The van der Waals surface area contributed by atoms with Crippen LogP contribution in [0.15, 0.2) is 42.5 Å². The third-order valence-corrected chi connectivity index (χ3v) is 5.60. The molecule has 1 aromatic heterocycles. The molecule has 1 unspecified atom stereocenters. The van der Waals surface area contributed by atoms with E-state index in [0.29, 0.717) is 22.2 Å². The van der Waals surface area contributed by atoms with Crippen molar-refractivity contribution in [1.29, 1.82) is 0 Å². The summed E-state index contributed by atoms with van der Waals surface area (Å²) >= 11 is 6.07. The van der Waals surface area contributed by atoms with E-state index >= 15 is 0 Å². The Kier molecular flexibility index (Phi) is 4.98. The van der Waals surface area contributed by atoms with E-state index in [-0.39, 0.29) is 11.9 Å². The lowest BCUT2D eigenvalue weighted by Gasteiger charge is -2.38. The summed E-state index contributed by atoms with van der Waals surface area (Å²) < 4.78 is 11.0. The molecule has 2 aromatic carbocycles. The van der Waals surface area contributed by atoms with Crippen LogP contribution in [0.5, 0.6) is 11.5 Å². The van der Waals surface area contributed by atoms with Crippen LogP contribution in [-0.2, 0) is 0 Å². The summed E-state index contributed by atoms with van der Waals surface area (Å²) in [5.74, 6) is 1.25. The molecule has 4 rings (SSSR count). The fourth-order valence-corrected chi connectivity index (χ4v) is 4.13.